The van der Waals surface area contributed by atoms with E-state index in [0.717, 1.165) is 39.0 Å². The Kier molecular flexibility index (Phi) is 5.26. The molecule has 0 aliphatic carbocycles. The van der Waals surface area contributed by atoms with Gasteiger partial charge in [0.1, 0.15) is 0 Å². The van der Waals surface area contributed by atoms with Crippen molar-refractivity contribution >= 4 is 0 Å². The van der Waals surface area contributed by atoms with Crippen molar-refractivity contribution < 1.29 is 0 Å². The van der Waals surface area contributed by atoms with E-state index >= 15 is 0 Å². The molecule has 0 spiro atoms. The first-order valence-electron chi connectivity index (χ1n) is 6.85. The molecule has 2 heteroatoms. The van der Waals surface area contributed by atoms with Crippen LogP contribution in [0.3, 0.4) is 0 Å². The Morgan fingerprint density at radius 2 is 2.11 bits per heavy atom. The van der Waals surface area contributed by atoms with Crippen molar-refractivity contribution in [3.05, 3.63) is 35.9 Å². The second-order valence-corrected chi connectivity index (χ2v) is 4.83. The van der Waals surface area contributed by atoms with Gasteiger partial charge in [-0.1, -0.05) is 30.3 Å². The van der Waals surface area contributed by atoms with Gasteiger partial charge in [0.2, 0.25) is 0 Å². The summed E-state index contributed by atoms with van der Waals surface area (Å²) in [7, 11) is 0. The molecule has 1 atom stereocenters. The minimum atomic E-state index is 0.519. The van der Waals surface area contributed by atoms with Crippen molar-refractivity contribution in [3.63, 3.8) is 0 Å². The Labute approximate surface area is 110 Å². The fraction of sp³-hybridized carbons (Fsp3) is 0.500. The van der Waals surface area contributed by atoms with E-state index < -0.39 is 0 Å². The second kappa shape index (κ2) is 7.20. The highest BCUT2D eigenvalue weighted by atomic mass is 15.2. The minimum absolute atomic E-state index is 0.519. The number of terminal acetylenes is 1. The number of nitrogens with one attached hydrogen (secondary N) is 1. The van der Waals surface area contributed by atoms with Gasteiger partial charge in [-0.3, -0.25) is 4.90 Å². The van der Waals surface area contributed by atoms with Gasteiger partial charge >= 0.3 is 0 Å². The molecule has 1 fully saturated rings. The van der Waals surface area contributed by atoms with Crippen LogP contribution in [0, 0.1) is 12.3 Å². The Bertz CT molecular complexity index is 380. The Balaban J connectivity index is 1.92. The average Bonchev–Trinajstić information content (AvgIpc) is 2.45. The van der Waals surface area contributed by atoms with E-state index in [1.165, 1.54) is 12.0 Å². The van der Waals surface area contributed by atoms with Crippen LogP contribution < -0.4 is 5.32 Å². The van der Waals surface area contributed by atoms with Crippen LogP contribution in [0.4, 0.5) is 0 Å². The molecule has 0 saturated carbocycles. The molecule has 0 amide bonds. The minimum Gasteiger partial charge on any atom is -0.314 e. The van der Waals surface area contributed by atoms with Crippen LogP contribution in [-0.4, -0.2) is 31.1 Å². The molecule has 1 unspecified atom stereocenters. The lowest BCUT2D eigenvalue weighted by Gasteiger charge is -2.36. The summed E-state index contributed by atoms with van der Waals surface area (Å²) in [6, 6.07) is 11.3. The summed E-state index contributed by atoms with van der Waals surface area (Å²) in [5.74, 6) is 2.72. The van der Waals surface area contributed by atoms with E-state index in [2.05, 4.69) is 46.5 Å². The second-order valence-electron chi connectivity index (χ2n) is 4.83. The molecule has 0 radical (unpaired) electrons. The zero-order chi connectivity index (χ0) is 12.6. The average molecular weight is 242 g/mol. The van der Waals surface area contributed by atoms with Crippen molar-refractivity contribution in [1.29, 1.82) is 0 Å². The van der Waals surface area contributed by atoms with Crippen LogP contribution in [0.2, 0.25) is 0 Å². The van der Waals surface area contributed by atoms with Crippen LogP contribution in [0.25, 0.3) is 0 Å². The summed E-state index contributed by atoms with van der Waals surface area (Å²) in [5, 5.41) is 3.49. The zero-order valence-corrected chi connectivity index (χ0v) is 10.9. The monoisotopic (exact) mass is 242 g/mol. The number of hydrogen-bond donors (Lipinski definition) is 1. The maximum absolute atomic E-state index is 5.29. The quantitative estimate of drug-likeness (QED) is 0.630. The maximum atomic E-state index is 5.29. The molecule has 2 nitrogen and oxygen atoms in total. The van der Waals surface area contributed by atoms with Gasteiger partial charge in [0.15, 0.2) is 0 Å². The summed E-state index contributed by atoms with van der Waals surface area (Å²) in [6.45, 7) is 4.44. The van der Waals surface area contributed by atoms with Crippen LogP contribution in [0.1, 0.15) is 30.9 Å². The molecule has 18 heavy (non-hydrogen) atoms. The number of hydrogen-bond acceptors (Lipinski definition) is 2. The summed E-state index contributed by atoms with van der Waals surface area (Å²) >= 11 is 0. The summed E-state index contributed by atoms with van der Waals surface area (Å²) in [6.07, 6.45) is 8.54. The molecular formula is C16H22N2. The van der Waals surface area contributed by atoms with E-state index in [9.17, 15) is 0 Å². The lowest BCUT2D eigenvalue weighted by molar-refractivity contribution is 0.159. The molecule has 1 aromatic carbocycles. The molecule has 96 valence electrons. The highest BCUT2D eigenvalue weighted by Gasteiger charge is 2.22. The number of nitrogens with zero attached hydrogens (tertiary/aromatic N) is 1. The zero-order valence-electron chi connectivity index (χ0n) is 10.9. The first-order valence-corrected chi connectivity index (χ1v) is 6.85. The topological polar surface area (TPSA) is 15.3 Å². The summed E-state index contributed by atoms with van der Waals surface area (Å²) in [4.78, 5) is 2.59. The molecule has 1 aliphatic heterocycles. The van der Waals surface area contributed by atoms with E-state index in [1.807, 2.05) is 0 Å². The van der Waals surface area contributed by atoms with Gasteiger partial charge in [-0.15, -0.1) is 12.3 Å². The van der Waals surface area contributed by atoms with Gasteiger partial charge in [0.05, 0.1) is 0 Å². The van der Waals surface area contributed by atoms with Crippen molar-refractivity contribution in [2.45, 2.75) is 25.3 Å². The first kappa shape index (κ1) is 13.1. The van der Waals surface area contributed by atoms with E-state index in [0.29, 0.717) is 6.04 Å². The maximum Gasteiger partial charge on any atom is 0.0473 e. The number of benzene rings is 1. The fourth-order valence-corrected chi connectivity index (χ4v) is 2.56. The fourth-order valence-electron chi connectivity index (χ4n) is 2.56. The molecule has 0 aromatic heterocycles. The Morgan fingerprint density at radius 3 is 2.89 bits per heavy atom. The standard InChI is InChI=1S/C16H22N2/c1-2-3-4-8-12-18-13-11-17-14-16(18)15-9-6-5-7-10-15/h1,5-7,9-10,16-17H,3-4,8,11-14H2. The molecule has 0 bridgehead atoms. The first-order chi connectivity index (χ1) is 8.92. The van der Waals surface area contributed by atoms with Gasteiger partial charge in [0, 0.05) is 32.1 Å². The van der Waals surface area contributed by atoms with Crippen LogP contribution in [-0.2, 0) is 0 Å². The van der Waals surface area contributed by atoms with Crippen LogP contribution in [0.15, 0.2) is 30.3 Å². The number of unbranched alkanes of at least 4 members (excludes halogenated alkanes) is 2. The predicted octanol–water partition coefficient (Wildman–Crippen LogP) is 2.44. The normalized spacial score (nSPS) is 20.5. The van der Waals surface area contributed by atoms with Crippen LogP contribution >= 0.6 is 0 Å². The van der Waals surface area contributed by atoms with Crippen molar-refractivity contribution in [2.75, 3.05) is 26.2 Å². The highest BCUT2D eigenvalue weighted by molar-refractivity contribution is 5.20. The molecule has 1 N–H and O–H groups in total. The molecule has 1 saturated heterocycles. The Morgan fingerprint density at radius 1 is 1.28 bits per heavy atom. The predicted molar refractivity (Wildman–Crippen MR) is 76.3 cm³/mol. The van der Waals surface area contributed by atoms with Crippen molar-refractivity contribution in [2.24, 2.45) is 0 Å². The van der Waals surface area contributed by atoms with Crippen molar-refractivity contribution in [1.82, 2.24) is 10.2 Å². The molecule has 1 aliphatic rings. The number of piperazine rings is 1. The lowest BCUT2D eigenvalue weighted by Crippen LogP contribution is -2.46. The molecule has 1 heterocycles. The highest BCUT2D eigenvalue weighted by Crippen LogP contribution is 2.22. The van der Waals surface area contributed by atoms with Gasteiger partial charge in [-0.25, -0.2) is 0 Å². The van der Waals surface area contributed by atoms with E-state index in [-0.39, 0.29) is 0 Å². The van der Waals surface area contributed by atoms with E-state index in [4.69, 9.17) is 6.42 Å². The third kappa shape index (κ3) is 3.60. The smallest absolute Gasteiger partial charge is 0.0473 e. The third-order valence-corrected chi connectivity index (χ3v) is 3.56. The molecule has 2 rings (SSSR count). The Hall–Kier alpha value is -1.30. The summed E-state index contributed by atoms with van der Waals surface area (Å²) < 4.78 is 0. The van der Waals surface area contributed by atoms with Gasteiger partial charge < -0.3 is 5.32 Å². The summed E-state index contributed by atoms with van der Waals surface area (Å²) in [5.41, 5.74) is 1.42. The van der Waals surface area contributed by atoms with Crippen LogP contribution in [0.5, 0.6) is 0 Å². The van der Waals surface area contributed by atoms with Gasteiger partial charge in [0.25, 0.3) is 0 Å². The number of rotatable bonds is 5. The molecular weight excluding hydrogens is 220 g/mol. The van der Waals surface area contributed by atoms with E-state index in [1.54, 1.807) is 0 Å². The van der Waals surface area contributed by atoms with Crippen molar-refractivity contribution in [3.8, 4) is 12.3 Å². The SMILES string of the molecule is C#CCCCCN1CCNCC1c1ccccc1. The van der Waals surface area contributed by atoms with Gasteiger partial charge in [-0.2, -0.15) is 0 Å². The van der Waals surface area contributed by atoms with Gasteiger partial charge in [-0.05, 0) is 24.9 Å². The largest absolute Gasteiger partial charge is 0.314 e. The molecule has 1 aromatic rings. The lowest BCUT2D eigenvalue weighted by atomic mass is 10.0. The third-order valence-electron chi connectivity index (χ3n) is 3.56.